The largest absolute Gasteiger partial charge is 0.0616 e. The highest BCUT2D eigenvalue weighted by molar-refractivity contribution is 6.27. The quantitative estimate of drug-likeness (QED) is 0.162. The van der Waals surface area contributed by atoms with E-state index in [0.29, 0.717) is 0 Å². The van der Waals surface area contributed by atoms with Gasteiger partial charge in [-0.1, -0.05) is 113 Å². The van der Waals surface area contributed by atoms with Crippen molar-refractivity contribution in [3.8, 4) is 44.5 Å². The van der Waals surface area contributed by atoms with E-state index in [1.54, 1.807) is 0 Å². The molecule has 11 rings (SSSR count). The molecular formula is C44H30. The van der Waals surface area contributed by atoms with Gasteiger partial charge in [-0.25, -0.2) is 0 Å². The third kappa shape index (κ3) is 2.46. The van der Waals surface area contributed by atoms with E-state index >= 15 is 0 Å². The molecule has 8 aromatic rings. The minimum atomic E-state index is -0.109. The minimum absolute atomic E-state index is 0.0928. The molecule has 44 heavy (non-hydrogen) atoms. The van der Waals surface area contributed by atoms with Gasteiger partial charge in [-0.2, -0.15) is 0 Å². The maximum atomic E-state index is 2.59. The Hall–Kier alpha value is -4.94. The lowest BCUT2D eigenvalue weighted by atomic mass is 9.78. The van der Waals surface area contributed by atoms with Gasteiger partial charge in [0.25, 0.3) is 0 Å². The van der Waals surface area contributed by atoms with E-state index < -0.39 is 0 Å². The van der Waals surface area contributed by atoms with Crippen LogP contribution < -0.4 is 0 Å². The van der Waals surface area contributed by atoms with Crippen LogP contribution in [0.4, 0.5) is 0 Å². The molecule has 0 fully saturated rings. The van der Waals surface area contributed by atoms with Gasteiger partial charge in [0.2, 0.25) is 0 Å². The molecule has 8 aromatic carbocycles. The highest BCUT2D eigenvalue weighted by atomic mass is 14.5. The zero-order chi connectivity index (χ0) is 29.3. The lowest BCUT2D eigenvalue weighted by molar-refractivity contribution is 0.655. The zero-order valence-electron chi connectivity index (χ0n) is 25.4. The van der Waals surface area contributed by atoms with Crippen molar-refractivity contribution in [2.45, 2.75) is 38.5 Å². The van der Waals surface area contributed by atoms with Crippen LogP contribution >= 0.6 is 0 Å². The van der Waals surface area contributed by atoms with E-state index in [0.717, 1.165) is 0 Å². The molecule has 0 heterocycles. The molecule has 0 saturated heterocycles. The summed E-state index contributed by atoms with van der Waals surface area (Å²) in [5.41, 5.74) is 16.8. The first-order chi connectivity index (χ1) is 21.3. The average molecular weight is 559 g/mol. The van der Waals surface area contributed by atoms with Gasteiger partial charge in [0.15, 0.2) is 0 Å². The van der Waals surface area contributed by atoms with Crippen molar-refractivity contribution < 1.29 is 0 Å². The molecule has 3 aliphatic carbocycles. The highest BCUT2D eigenvalue weighted by Crippen LogP contribution is 2.61. The second-order valence-electron chi connectivity index (χ2n) is 14.5. The molecule has 0 aromatic heterocycles. The van der Waals surface area contributed by atoms with E-state index in [-0.39, 0.29) is 10.8 Å². The van der Waals surface area contributed by atoms with Gasteiger partial charge in [-0.05, 0) is 134 Å². The predicted molar refractivity (Wildman–Crippen MR) is 187 cm³/mol. The molecule has 0 spiro atoms. The molecule has 0 amide bonds. The molecule has 0 nitrogen and oxygen atoms in total. The van der Waals surface area contributed by atoms with Crippen LogP contribution in [0.2, 0.25) is 0 Å². The molecule has 0 N–H and O–H groups in total. The van der Waals surface area contributed by atoms with Crippen molar-refractivity contribution in [3.63, 3.8) is 0 Å². The van der Waals surface area contributed by atoms with Crippen molar-refractivity contribution in [1.29, 1.82) is 0 Å². The Bertz CT molecular complexity index is 2630. The first-order valence-electron chi connectivity index (χ1n) is 15.9. The van der Waals surface area contributed by atoms with Gasteiger partial charge in [-0.3, -0.25) is 0 Å². The predicted octanol–water partition coefficient (Wildman–Crippen LogP) is 12.0. The third-order valence-corrected chi connectivity index (χ3v) is 11.7. The smallest absolute Gasteiger partial charge is 0.0165 e. The Morgan fingerprint density at radius 1 is 0.364 bits per heavy atom. The van der Waals surface area contributed by atoms with Gasteiger partial charge in [0.05, 0.1) is 0 Å². The van der Waals surface area contributed by atoms with E-state index in [9.17, 15) is 0 Å². The second kappa shape index (κ2) is 7.22. The fourth-order valence-corrected chi connectivity index (χ4v) is 9.70. The van der Waals surface area contributed by atoms with Crippen molar-refractivity contribution in [1.82, 2.24) is 0 Å². The van der Waals surface area contributed by atoms with Crippen LogP contribution in [0.15, 0.2) is 109 Å². The number of hydrogen-bond acceptors (Lipinski definition) is 0. The molecule has 0 aliphatic heterocycles. The van der Waals surface area contributed by atoms with Crippen LogP contribution in [0.3, 0.4) is 0 Å². The average Bonchev–Trinajstić information content (AvgIpc) is 3.57. The molecule has 3 aliphatic rings. The Morgan fingerprint density at radius 2 is 1.02 bits per heavy atom. The molecule has 206 valence electrons. The molecule has 0 atom stereocenters. The maximum Gasteiger partial charge on any atom is 0.0165 e. The van der Waals surface area contributed by atoms with E-state index in [1.807, 2.05) is 0 Å². The van der Waals surface area contributed by atoms with E-state index in [2.05, 4.69) is 137 Å². The number of rotatable bonds is 0. The van der Waals surface area contributed by atoms with Gasteiger partial charge < -0.3 is 0 Å². The number of hydrogen-bond donors (Lipinski definition) is 0. The van der Waals surface area contributed by atoms with Crippen molar-refractivity contribution in [2.75, 3.05) is 0 Å². The van der Waals surface area contributed by atoms with Crippen LogP contribution in [0.25, 0.3) is 87.6 Å². The SMILES string of the molecule is CC1(C)c2cc3c(cc2-c2c1cc1ccc4cccc5ccc2c1c45)C(C)(C)c1c-3cc2c3c(cccc13)-c1ccccc1-2. The van der Waals surface area contributed by atoms with Crippen LogP contribution in [0.5, 0.6) is 0 Å². The summed E-state index contributed by atoms with van der Waals surface area (Å²) in [6, 6.07) is 42.2. The Balaban J connectivity index is 1.24. The fourth-order valence-electron chi connectivity index (χ4n) is 9.70. The third-order valence-electron chi connectivity index (χ3n) is 11.7. The minimum Gasteiger partial charge on any atom is -0.0616 e. The van der Waals surface area contributed by atoms with Crippen molar-refractivity contribution >= 4 is 43.1 Å². The normalized spacial score (nSPS) is 16.1. The first-order valence-corrected chi connectivity index (χ1v) is 15.9. The zero-order valence-corrected chi connectivity index (χ0v) is 25.4. The fraction of sp³-hybridized carbons (Fsp3) is 0.136. The Kier molecular flexibility index (Phi) is 3.86. The molecule has 0 unspecified atom stereocenters. The van der Waals surface area contributed by atoms with Crippen molar-refractivity contribution in [2.24, 2.45) is 0 Å². The highest BCUT2D eigenvalue weighted by Gasteiger charge is 2.44. The van der Waals surface area contributed by atoms with Crippen LogP contribution in [0, 0.1) is 0 Å². The molecule has 0 radical (unpaired) electrons. The maximum absolute atomic E-state index is 2.59. The number of fused-ring (bicyclic) bond motifs is 11. The summed E-state index contributed by atoms with van der Waals surface area (Å²) >= 11 is 0. The summed E-state index contributed by atoms with van der Waals surface area (Å²) in [4.78, 5) is 0. The van der Waals surface area contributed by atoms with Crippen LogP contribution in [0.1, 0.15) is 49.9 Å². The second-order valence-corrected chi connectivity index (χ2v) is 14.5. The van der Waals surface area contributed by atoms with Gasteiger partial charge in [-0.15, -0.1) is 0 Å². The first kappa shape index (κ1) is 23.5. The van der Waals surface area contributed by atoms with E-state index in [4.69, 9.17) is 0 Å². The molecule has 0 bridgehead atoms. The van der Waals surface area contributed by atoms with Gasteiger partial charge >= 0.3 is 0 Å². The Morgan fingerprint density at radius 3 is 1.84 bits per heavy atom. The summed E-state index contributed by atoms with van der Waals surface area (Å²) in [5, 5.41) is 11.1. The van der Waals surface area contributed by atoms with Gasteiger partial charge in [0, 0.05) is 10.8 Å². The standard InChI is InChI=1S/C44H30/c1-43(2)36-21-31-33-20-32-27-12-6-5-11-26(27)28-13-8-14-30(40(28)32)42(33)44(3,4)35(31)22-34(36)41-29-18-17-24-10-7-9-23-15-16-25(19-37(41)43)39(29)38(23)24/h5-22H,1-4H3. The topological polar surface area (TPSA) is 0 Å². The monoisotopic (exact) mass is 558 g/mol. The summed E-state index contributed by atoms with van der Waals surface area (Å²) in [6.07, 6.45) is 0. The summed E-state index contributed by atoms with van der Waals surface area (Å²) in [5.74, 6) is 0. The van der Waals surface area contributed by atoms with Gasteiger partial charge in [0.1, 0.15) is 0 Å². The Labute approximate surface area is 256 Å². The summed E-state index contributed by atoms with van der Waals surface area (Å²) in [6.45, 7) is 9.77. The molecule has 0 heteroatoms. The summed E-state index contributed by atoms with van der Waals surface area (Å²) in [7, 11) is 0. The van der Waals surface area contributed by atoms with Crippen molar-refractivity contribution in [3.05, 3.63) is 131 Å². The lowest BCUT2D eigenvalue weighted by Crippen LogP contribution is -2.17. The van der Waals surface area contributed by atoms with E-state index in [1.165, 1.54) is 110 Å². The molecule has 0 saturated carbocycles. The summed E-state index contributed by atoms with van der Waals surface area (Å²) < 4.78 is 0. The number of benzene rings is 8. The van der Waals surface area contributed by atoms with Crippen LogP contribution in [-0.4, -0.2) is 0 Å². The van der Waals surface area contributed by atoms with Crippen LogP contribution in [-0.2, 0) is 10.8 Å². The lowest BCUT2D eigenvalue weighted by Gasteiger charge is -2.25. The molecular weight excluding hydrogens is 528 g/mol.